The van der Waals surface area contributed by atoms with Crippen LogP contribution in [0.15, 0.2) is 72.8 Å². The van der Waals surface area contributed by atoms with Crippen LogP contribution in [0.1, 0.15) is 36.8 Å². The number of carbonyl (C=O) groups excluding carboxylic acids is 3. The van der Waals surface area contributed by atoms with Crippen molar-refractivity contribution < 1.29 is 24.2 Å². The lowest BCUT2D eigenvalue weighted by atomic mass is 9.97. The lowest BCUT2D eigenvalue weighted by Gasteiger charge is -2.26. The van der Waals surface area contributed by atoms with Crippen molar-refractivity contribution in [1.29, 1.82) is 0 Å². The van der Waals surface area contributed by atoms with Gasteiger partial charge in [-0.05, 0) is 30.4 Å². The van der Waals surface area contributed by atoms with Crippen LogP contribution in [0.4, 0.5) is 0 Å². The molecular formula is C28H34N2O5. The van der Waals surface area contributed by atoms with E-state index in [2.05, 4.69) is 5.32 Å². The summed E-state index contributed by atoms with van der Waals surface area (Å²) in [5.74, 6) is -1.29. The number of hydrogen-bond donors (Lipinski definition) is 2. The van der Waals surface area contributed by atoms with Gasteiger partial charge in [-0.1, -0.05) is 72.8 Å². The van der Waals surface area contributed by atoms with E-state index >= 15 is 0 Å². The van der Waals surface area contributed by atoms with Crippen molar-refractivity contribution in [3.63, 3.8) is 0 Å². The minimum atomic E-state index is -0.566. The van der Waals surface area contributed by atoms with Crippen molar-refractivity contribution in [2.24, 2.45) is 5.92 Å². The largest absolute Gasteiger partial charge is 0.463 e. The van der Waals surface area contributed by atoms with Gasteiger partial charge in [0.2, 0.25) is 11.8 Å². The van der Waals surface area contributed by atoms with Gasteiger partial charge in [-0.2, -0.15) is 0 Å². The molecule has 7 nitrogen and oxygen atoms in total. The highest BCUT2D eigenvalue weighted by molar-refractivity contribution is 5.86. The first-order chi connectivity index (χ1) is 17.0. The number of nitrogens with one attached hydrogen (secondary N) is 1. The van der Waals surface area contributed by atoms with Gasteiger partial charge < -0.3 is 20.1 Å². The first-order valence-corrected chi connectivity index (χ1v) is 12.1. The normalized spacial score (nSPS) is 19.1. The Morgan fingerprint density at radius 1 is 1.00 bits per heavy atom. The van der Waals surface area contributed by atoms with Crippen molar-refractivity contribution in [3.8, 4) is 0 Å². The average Bonchev–Trinajstić information content (AvgIpc) is 2.86. The summed E-state index contributed by atoms with van der Waals surface area (Å²) < 4.78 is 5.41. The van der Waals surface area contributed by atoms with Crippen molar-refractivity contribution in [3.05, 3.63) is 83.9 Å². The number of esters is 1. The molecule has 0 aliphatic carbocycles. The minimum Gasteiger partial charge on any atom is -0.463 e. The minimum absolute atomic E-state index is 0.0286. The lowest BCUT2D eigenvalue weighted by molar-refractivity contribution is -0.145. The Balaban J connectivity index is 1.73. The van der Waals surface area contributed by atoms with Crippen LogP contribution in [0.5, 0.6) is 0 Å². The summed E-state index contributed by atoms with van der Waals surface area (Å²) in [6, 6.07) is 18.9. The van der Waals surface area contributed by atoms with Gasteiger partial charge in [-0.25, -0.2) is 0 Å². The van der Waals surface area contributed by atoms with Crippen LogP contribution in [-0.2, 0) is 32.1 Å². The van der Waals surface area contributed by atoms with E-state index in [1.165, 1.54) is 0 Å². The maximum atomic E-state index is 13.3. The molecule has 2 amide bonds. The molecule has 2 atom stereocenters. The Labute approximate surface area is 206 Å². The summed E-state index contributed by atoms with van der Waals surface area (Å²) >= 11 is 0. The number of allylic oxidation sites excluding steroid dienone is 2. The smallest absolute Gasteiger partial charge is 0.306 e. The molecule has 2 aromatic rings. The van der Waals surface area contributed by atoms with Gasteiger partial charge in [0.05, 0.1) is 18.6 Å². The third-order valence-electron chi connectivity index (χ3n) is 5.95. The maximum absolute atomic E-state index is 13.3. The molecule has 2 aromatic carbocycles. The number of aliphatic hydroxyl groups is 1. The van der Waals surface area contributed by atoms with Crippen LogP contribution in [0.2, 0.25) is 0 Å². The highest BCUT2D eigenvalue weighted by atomic mass is 16.5. The number of cyclic esters (lactones) is 1. The van der Waals surface area contributed by atoms with E-state index in [1.54, 1.807) is 4.90 Å². The third kappa shape index (κ3) is 9.02. The second kappa shape index (κ2) is 14.1. The number of hydrogen-bond acceptors (Lipinski definition) is 5. The van der Waals surface area contributed by atoms with Gasteiger partial charge in [0, 0.05) is 25.9 Å². The topological polar surface area (TPSA) is 95.9 Å². The molecule has 3 rings (SSSR count). The van der Waals surface area contributed by atoms with E-state index in [-0.39, 0.29) is 50.4 Å². The van der Waals surface area contributed by atoms with E-state index in [0.29, 0.717) is 25.8 Å². The van der Waals surface area contributed by atoms with Crippen molar-refractivity contribution in [2.75, 3.05) is 19.8 Å². The van der Waals surface area contributed by atoms with Gasteiger partial charge >= 0.3 is 5.97 Å². The Morgan fingerprint density at radius 3 is 2.37 bits per heavy atom. The summed E-state index contributed by atoms with van der Waals surface area (Å²) in [5, 5.41) is 12.5. The number of aliphatic hydroxyl groups excluding tert-OH is 1. The van der Waals surface area contributed by atoms with E-state index in [9.17, 15) is 19.5 Å². The van der Waals surface area contributed by atoms with E-state index in [0.717, 1.165) is 11.1 Å². The first-order valence-electron chi connectivity index (χ1n) is 12.1. The molecule has 0 saturated heterocycles. The van der Waals surface area contributed by atoms with Crippen LogP contribution in [-0.4, -0.2) is 53.6 Å². The molecule has 186 valence electrons. The molecule has 0 radical (unpaired) electrons. The SMILES string of the molecule is O=C1CCC=CC[C@H](CC(=O)N(CCO)Cc2ccccc2)C(=O)N[C@H](Cc2ccccc2)CO1. The molecule has 7 heteroatoms. The monoisotopic (exact) mass is 478 g/mol. The molecule has 35 heavy (non-hydrogen) atoms. The predicted molar refractivity (Wildman–Crippen MR) is 133 cm³/mol. The number of nitrogens with zero attached hydrogens (tertiary/aromatic N) is 1. The number of carbonyl (C=O) groups is 3. The molecule has 0 spiro atoms. The Morgan fingerprint density at radius 2 is 1.69 bits per heavy atom. The first kappa shape index (κ1) is 26.2. The highest BCUT2D eigenvalue weighted by Gasteiger charge is 2.27. The Hall–Kier alpha value is -3.45. The molecule has 0 bridgehead atoms. The third-order valence-corrected chi connectivity index (χ3v) is 5.95. The quantitative estimate of drug-likeness (QED) is 0.449. The fourth-order valence-corrected chi connectivity index (χ4v) is 4.05. The number of ether oxygens (including phenoxy) is 1. The number of rotatable bonds is 8. The fraction of sp³-hybridized carbons (Fsp3) is 0.393. The van der Waals surface area contributed by atoms with Crippen LogP contribution >= 0.6 is 0 Å². The molecule has 0 unspecified atom stereocenters. The molecule has 1 aliphatic heterocycles. The standard InChI is InChI=1S/C28H34N2O5/c31-17-16-30(20-23-12-6-2-7-13-23)26(32)19-24-14-8-3-9-15-27(33)35-21-25(29-28(24)34)18-22-10-4-1-5-11-22/h1-8,10-13,24-25,31H,9,14-21H2,(H,29,34)/t24-,25-/m1/s1. The number of amides is 2. The molecule has 0 fully saturated rings. The molecule has 2 N–H and O–H groups in total. The number of benzene rings is 2. The van der Waals surface area contributed by atoms with Crippen LogP contribution in [0.3, 0.4) is 0 Å². The highest BCUT2D eigenvalue weighted by Crippen LogP contribution is 2.17. The molecular weight excluding hydrogens is 444 g/mol. The second-order valence-corrected chi connectivity index (χ2v) is 8.75. The van der Waals surface area contributed by atoms with E-state index in [4.69, 9.17) is 4.74 Å². The zero-order chi connectivity index (χ0) is 24.9. The van der Waals surface area contributed by atoms with Crippen LogP contribution < -0.4 is 5.32 Å². The average molecular weight is 479 g/mol. The van der Waals surface area contributed by atoms with E-state index < -0.39 is 12.0 Å². The van der Waals surface area contributed by atoms with Gasteiger partial charge in [0.25, 0.3) is 0 Å². The zero-order valence-corrected chi connectivity index (χ0v) is 20.0. The van der Waals surface area contributed by atoms with Gasteiger partial charge in [-0.15, -0.1) is 0 Å². The summed E-state index contributed by atoms with van der Waals surface area (Å²) in [4.78, 5) is 40.1. The fourth-order valence-electron chi connectivity index (χ4n) is 4.05. The van der Waals surface area contributed by atoms with Gasteiger partial charge in [0.1, 0.15) is 6.61 Å². The van der Waals surface area contributed by atoms with E-state index in [1.807, 2.05) is 72.8 Å². The Bertz CT molecular complexity index is 977. The van der Waals surface area contributed by atoms with Gasteiger partial charge in [0.15, 0.2) is 0 Å². The predicted octanol–water partition coefficient (Wildman–Crippen LogP) is 3.02. The second-order valence-electron chi connectivity index (χ2n) is 8.75. The van der Waals surface area contributed by atoms with Crippen molar-refractivity contribution >= 4 is 17.8 Å². The molecule has 1 aliphatic rings. The molecule has 0 aromatic heterocycles. The molecule has 1 heterocycles. The zero-order valence-electron chi connectivity index (χ0n) is 20.0. The summed E-state index contributed by atoms with van der Waals surface area (Å²) in [6.45, 7) is 0.496. The van der Waals surface area contributed by atoms with Crippen molar-refractivity contribution in [1.82, 2.24) is 10.2 Å². The molecule has 0 saturated carbocycles. The van der Waals surface area contributed by atoms with Gasteiger partial charge in [-0.3, -0.25) is 14.4 Å². The maximum Gasteiger partial charge on any atom is 0.306 e. The lowest BCUT2D eigenvalue weighted by Crippen LogP contribution is -2.44. The van der Waals surface area contributed by atoms with Crippen molar-refractivity contribution in [2.45, 2.75) is 44.7 Å². The van der Waals surface area contributed by atoms with Crippen LogP contribution in [0.25, 0.3) is 0 Å². The van der Waals surface area contributed by atoms with Crippen LogP contribution in [0, 0.1) is 5.92 Å². The summed E-state index contributed by atoms with van der Waals surface area (Å²) in [5.41, 5.74) is 1.98. The summed E-state index contributed by atoms with van der Waals surface area (Å²) in [6.07, 6.45) is 5.43. The Kier molecular flexibility index (Phi) is 10.5. The summed E-state index contributed by atoms with van der Waals surface area (Å²) in [7, 11) is 0.